The number of hydrogen-bond donors (Lipinski definition) is 1. The van der Waals surface area contributed by atoms with E-state index in [0.717, 1.165) is 37.7 Å². The first-order valence-corrected chi connectivity index (χ1v) is 10.7. The molecule has 0 spiro atoms. The summed E-state index contributed by atoms with van der Waals surface area (Å²) >= 11 is 11.9. The molecule has 0 saturated carbocycles. The molecular formula is C21H24Cl2N4O3. The monoisotopic (exact) mass is 450 g/mol. The average Bonchev–Trinajstić information content (AvgIpc) is 3.11. The van der Waals surface area contributed by atoms with Gasteiger partial charge in [-0.2, -0.15) is 0 Å². The Morgan fingerprint density at radius 1 is 1.00 bits per heavy atom. The molecule has 0 bridgehead atoms. The summed E-state index contributed by atoms with van der Waals surface area (Å²) < 4.78 is 0. The molecular weight excluding hydrogens is 427 g/mol. The van der Waals surface area contributed by atoms with E-state index in [1.54, 1.807) is 12.1 Å². The van der Waals surface area contributed by atoms with Crippen LogP contribution in [0.2, 0.25) is 10.0 Å². The van der Waals surface area contributed by atoms with Gasteiger partial charge in [-0.05, 0) is 29.8 Å². The van der Waals surface area contributed by atoms with E-state index >= 15 is 0 Å². The predicted molar refractivity (Wildman–Crippen MR) is 118 cm³/mol. The maximum Gasteiger partial charge on any atom is 0.294 e. The fourth-order valence-corrected chi connectivity index (χ4v) is 4.63. The molecule has 2 aliphatic rings. The van der Waals surface area contributed by atoms with E-state index in [4.69, 9.17) is 23.2 Å². The van der Waals surface area contributed by atoms with Crippen LogP contribution in [0.15, 0.2) is 42.5 Å². The summed E-state index contributed by atoms with van der Waals surface area (Å²) in [6.45, 7) is 5.33. The minimum Gasteiger partial charge on any atom is -0.390 e. The third-order valence-corrected chi connectivity index (χ3v) is 6.42. The highest BCUT2D eigenvalue weighted by atomic mass is 35.5. The molecule has 0 aromatic heterocycles. The largest absolute Gasteiger partial charge is 0.390 e. The van der Waals surface area contributed by atoms with Gasteiger partial charge in [-0.1, -0.05) is 35.3 Å². The lowest BCUT2D eigenvalue weighted by atomic mass is 10.1. The average molecular weight is 451 g/mol. The highest BCUT2D eigenvalue weighted by Crippen LogP contribution is 2.34. The van der Waals surface area contributed by atoms with E-state index in [-0.39, 0.29) is 11.7 Å². The lowest BCUT2D eigenvalue weighted by molar-refractivity contribution is -0.384. The minimum atomic E-state index is -0.553. The van der Waals surface area contributed by atoms with Gasteiger partial charge in [-0.3, -0.25) is 19.9 Å². The van der Waals surface area contributed by atoms with E-state index in [1.165, 1.54) is 11.6 Å². The van der Waals surface area contributed by atoms with Crippen molar-refractivity contribution in [1.29, 1.82) is 0 Å². The number of halogens is 2. The zero-order valence-electron chi connectivity index (χ0n) is 16.5. The standard InChI is InChI=1S/C21H24Cl2N4O3/c22-16-3-1-15(2-4-16)12-24-7-9-25(10-8-24)20-13-26(14-21(20)28)18-6-5-17(23)11-19(18)27(29)30/h1-6,11,20-21,28H,7-10,12-14H2. The van der Waals surface area contributed by atoms with Gasteiger partial charge >= 0.3 is 0 Å². The van der Waals surface area contributed by atoms with Crippen LogP contribution in [0.5, 0.6) is 0 Å². The van der Waals surface area contributed by atoms with Crippen molar-refractivity contribution in [2.75, 3.05) is 44.2 Å². The lowest BCUT2D eigenvalue weighted by Crippen LogP contribution is -2.53. The Hall–Kier alpha value is -1.90. The Morgan fingerprint density at radius 2 is 1.67 bits per heavy atom. The normalized spacial score (nSPS) is 23.1. The zero-order chi connectivity index (χ0) is 21.3. The molecule has 30 heavy (non-hydrogen) atoms. The molecule has 2 aliphatic heterocycles. The smallest absolute Gasteiger partial charge is 0.294 e. The number of hydrogen-bond acceptors (Lipinski definition) is 6. The van der Waals surface area contributed by atoms with E-state index in [0.29, 0.717) is 23.8 Å². The second-order valence-electron chi connectivity index (χ2n) is 7.87. The van der Waals surface area contributed by atoms with Crippen LogP contribution in [0.4, 0.5) is 11.4 Å². The summed E-state index contributed by atoms with van der Waals surface area (Å²) in [6, 6.07) is 12.6. The molecule has 0 aliphatic carbocycles. The van der Waals surface area contributed by atoms with Crippen molar-refractivity contribution in [3.63, 3.8) is 0 Å². The second kappa shape index (κ2) is 9.08. The van der Waals surface area contributed by atoms with Gasteiger partial charge < -0.3 is 10.0 Å². The van der Waals surface area contributed by atoms with E-state index < -0.39 is 11.0 Å². The SMILES string of the molecule is O=[N+]([O-])c1cc(Cl)ccc1N1CC(O)C(N2CCN(Cc3ccc(Cl)cc3)CC2)C1. The Labute approximate surface area is 185 Å². The molecule has 2 saturated heterocycles. The zero-order valence-corrected chi connectivity index (χ0v) is 18.0. The maximum absolute atomic E-state index is 11.4. The quantitative estimate of drug-likeness (QED) is 0.556. The van der Waals surface area contributed by atoms with Crippen LogP contribution < -0.4 is 4.90 Å². The first kappa shape index (κ1) is 21.3. The fourth-order valence-electron chi connectivity index (χ4n) is 4.34. The number of β-amino-alcohol motifs (C(OH)–C–C–N with tert-alkyl or cyclic N) is 1. The Balaban J connectivity index is 1.37. The van der Waals surface area contributed by atoms with E-state index in [9.17, 15) is 15.2 Å². The highest BCUT2D eigenvalue weighted by Gasteiger charge is 2.38. The minimum absolute atomic E-state index is 0.0249. The van der Waals surface area contributed by atoms with Crippen molar-refractivity contribution in [2.45, 2.75) is 18.7 Å². The first-order chi connectivity index (χ1) is 14.4. The van der Waals surface area contributed by atoms with Gasteiger partial charge in [0.15, 0.2) is 0 Å². The van der Waals surface area contributed by atoms with Gasteiger partial charge in [-0.25, -0.2) is 0 Å². The molecule has 4 rings (SSSR count). The van der Waals surface area contributed by atoms with Gasteiger partial charge in [0, 0.05) is 61.9 Å². The Morgan fingerprint density at radius 3 is 2.33 bits per heavy atom. The van der Waals surface area contributed by atoms with Gasteiger partial charge in [0.25, 0.3) is 5.69 Å². The molecule has 2 atom stereocenters. The van der Waals surface area contributed by atoms with Crippen LogP contribution in [0.3, 0.4) is 0 Å². The third kappa shape index (κ3) is 4.71. The highest BCUT2D eigenvalue weighted by molar-refractivity contribution is 6.31. The van der Waals surface area contributed by atoms with Gasteiger partial charge in [0.1, 0.15) is 5.69 Å². The second-order valence-corrected chi connectivity index (χ2v) is 8.74. The van der Waals surface area contributed by atoms with E-state index in [1.807, 2.05) is 29.2 Å². The van der Waals surface area contributed by atoms with Crippen molar-refractivity contribution >= 4 is 34.6 Å². The summed E-state index contributed by atoms with van der Waals surface area (Å²) in [5.41, 5.74) is 1.71. The molecule has 1 N–H and O–H groups in total. The van der Waals surface area contributed by atoms with Crippen molar-refractivity contribution in [3.8, 4) is 0 Å². The van der Waals surface area contributed by atoms with Gasteiger partial charge in [0.05, 0.1) is 17.1 Å². The number of nitro benzene ring substituents is 1. The van der Waals surface area contributed by atoms with Crippen molar-refractivity contribution in [2.24, 2.45) is 0 Å². The van der Waals surface area contributed by atoms with Gasteiger partial charge in [-0.15, -0.1) is 0 Å². The number of piperazine rings is 1. The molecule has 9 heteroatoms. The van der Waals surface area contributed by atoms with Crippen molar-refractivity contribution < 1.29 is 10.0 Å². The number of rotatable bonds is 5. The summed E-state index contributed by atoms with van der Waals surface area (Å²) in [4.78, 5) is 17.6. The molecule has 2 heterocycles. The first-order valence-electron chi connectivity index (χ1n) is 9.98. The van der Waals surface area contributed by atoms with E-state index in [2.05, 4.69) is 9.80 Å². The molecule has 0 radical (unpaired) electrons. The number of aliphatic hydroxyl groups excluding tert-OH is 1. The van der Waals surface area contributed by atoms with Crippen LogP contribution in [0.25, 0.3) is 0 Å². The molecule has 0 amide bonds. The van der Waals surface area contributed by atoms with Crippen LogP contribution >= 0.6 is 23.2 Å². The van der Waals surface area contributed by atoms with Crippen LogP contribution in [0.1, 0.15) is 5.56 Å². The number of nitrogens with zero attached hydrogens (tertiary/aromatic N) is 4. The molecule has 2 fully saturated rings. The van der Waals surface area contributed by atoms with Crippen LogP contribution in [-0.4, -0.2) is 71.2 Å². The molecule has 2 aromatic carbocycles. The Bertz CT molecular complexity index is 904. The maximum atomic E-state index is 11.4. The summed E-state index contributed by atoms with van der Waals surface area (Å²) in [6.07, 6.45) is -0.553. The van der Waals surface area contributed by atoms with Crippen LogP contribution in [0, 0.1) is 10.1 Å². The van der Waals surface area contributed by atoms with Gasteiger partial charge in [0.2, 0.25) is 0 Å². The molecule has 2 aromatic rings. The number of nitro groups is 1. The number of anilines is 1. The summed E-state index contributed by atoms with van der Waals surface area (Å²) in [5.74, 6) is 0. The molecule has 2 unspecified atom stereocenters. The van der Waals surface area contributed by atoms with Crippen LogP contribution in [-0.2, 0) is 6.54 Å². The molecule has 160 valence electrons. The third-order valence-electron chi connectivity index (χ3n) is 5.93. The Kier molecular flexibility index (Phi) is 6.46. The predicted octanol–water partition coefficient (Wildman–Crippen LogP) is 3.27. The van der Waals surface area contributed by atoms with Crippen molar-refractivity contribution in [1.82, 2.24) is 9.80 Å². The van der Waals surface area contributed by atoms with Crippen molar-refractivity contribution in [3.05, 3.63) is 68.2 Å². The fraction of sp³-hybridized carbons (Fsp3) is 0.429. The topological polar surface area (TPSA) is 73.1 Å². The number of benzene rings is 2. The number of aliphatic hydroxyl groups is 1. The lowest BCUT2D eigenvalue weighted by Gasteiger charge is -2.38. The summed E-state index contributed by atoms with van der Waals surface area (Å²) in [5, 5.41) is 23.2. The summed E-state index contributed by atoms with van der Waals surface area (Å²) in [7, 11) is 0. The molecule has 7 nitrogen and oxygen atoms in total.